The molecular weight excluding hydrogens is 495 g/mol. The number of aromatic amines is 1. The third kappa shape index (κ3) is 4.97. The monoisotopic (exact) mass is 520 g/mol. The van der Waals surface area contributed by atoms with E-state index in [1.807, 2.05) is 54.0 Å². The van der Waals surface area contributed by atoms with Gasteiger partial charge in [0.25, 0.3) is 5.91 Å². The zero-order chi connectivity index (χ0) is 26.9. The molecule has 1 aromatic carbocycles. The normalized spacial score (nSPS) is 14.9. The Labute approximate surface area is 224 Å². The minimum atomic E-state index is -0.971. The standard InChI is InChI=1S/C30H25FN6O2/c1-18-11-20(8-7-19-9-10-27(39-2)32-15-19)12-25(34-18)30(38)36-28(24-13-21-5-3-4-6-23(21)35-24)29-26-14-22(31)16-37(26)17-33-29/h3-6,9-13,15,17,22,28,35H,14,16H2,1-2H3,(H,36,38)/t22-,28?/m1/s1. The van der Waals surface area contributed by atoms with Crippen LogP contribution in [-0.2, 0) is 13.0 Å². The lowest BCUT2D eigenvalue weighted by molar-refractivity contribution is 0.0936. The van der Waals surface area contributed by atoms with Gasteiger partial charge in [0.05, 0.1) is 25.7 Å². The first-order valence-corrected chi connectivity index (χ1v) is 12.5. The SMILES string of the molecule is COc1ccc(C#Cc2cc(C)nc(C(=O)NC(c3cc4ccccc4[nH]3)c3ncn4c3C[C@@H](F)C4)c2)cn1. The van der Waals surface area contributed by atoms with Gasteiger partial charge in [0.15, 0.2) is 0 Å². The second kappa shape index (κ2) is 10.1. The summed E-state index contributed by atoms with van der Waals surface area (Å²) in [5, 5.41) is 4.10. The molecule has 4 aromatic heterocycles. The highest BCUT2D eigenvalue weighted by atomic mass is 19.1. The lowest BCUT2D eigenvalue weighted by Crippen LogP contribution is -2.31. The van der Waals surface area contributed by atoms with Crippen LogP contribution in [0.4, 0.5) is 4.39 Å². The number of aryl methyl sites for hydroxylation is 1. The first-order chi connectivity index (χ1) is 19.0. The predicted molar refractivity (Wildman–Crippen MR) is 144 cm³/mol. The fourth-order valence-corrected chi connectivity index (χ4v) is 4.86. The van der Waals surface area contributed by atoms with E-state index in [2.05, 4.69) is 37.1 Å². The number of imidazole rings is 1. The van der Waals surface area contributed by atoms with Gasteiger partial charge in [-0.15, -0.1) is 0 Å². The number of nitrogens with zero attached hydrogens (tertiary/aromatic N) is 4. The molecule has 9 heteroatoms. The number of benzene rings is 1. The molecule has 5 aromatic rings. The minimum Gasteiger partial charge on any atom is -0.481 e. The first kappa shape index (κ1) is 24.4. The number of rotatable bonds is 5. The van der Waals surface area contributed by atoms with Crippen molar-refractivity contribution in [2.75, 3.05) is 7.11 Å². The summed E-state index contributed by atoms with van der Waals surface area (Å²) in [7, 11) is 1.56. The average Bonchev–Trinajstić information content (AvgIpc) is 3.64. The maximum Gasteiger partial charge on any atom is 0.270 e. The molecule has 0 aliphatic carbocycles. The number of amides is 1. The Morgan fingerprint density at radius 3 is 2.79 bits per heavy atom. The van der Waals surface area contributed by atoms with Crippen molar-refractivity contribution in [3.8, 4) is 17.7 Å². The molecule has 1 amide bonds. The van der Waals surface area contributed by atoms with E-state index in [-0.39, 0.29) is 24.6 Å². The van der Waals surface area contributed by atoms with Crippen molar-refractivity contribution in [3.63, 3.8) is 0 Å². The molecule has 0 radical (unpaired) electrons. The van der Waals surface area contributed by atoms with Crippen LogP contribution in [0.15, 0.2) is 67.1 Å². The Balaban J connectivity index is 1.33. The van der Waals surface area contributed by atoms with E-state index in [1.165, 1.54) is 0 Å². The summed E-state index contributed by atoms with van der Waals surface area (Å²) < 4.78 is 21.1. The molecule has 1 unspecified atom stereocenters. The van der Waals surface area contributed by atoms with Crippen LogP contribution in [-0.4, -0.2) is 43.7 Å². The summed E-state index contributed by atoms with van der Waals surface area (Å²) in [4.78, 5) is 30.2. The fourth-order valence-electron chi connectivity index (χ4n) is 4.86. The van der Waals surface area contributed by atoms with Crippen molar-refractivity contribution in [2.45, 2.75) is 32.1 Å². The molecule has 0 spiro atoms. The van der Waals surface area contributed by atoms with E-state index in [0.717, 1.165) is 27.9 Å². The summed E-state index contributed by atoms with van der Waals surface area (Å²) in [6.45, 7) is 2.08. The number of nitrogens with one attached hydrogen (secondary N) is 2. The third-order valence-corrected chi connectivity index (χ3v) is 6.68. The van der Waals surface area contributed by atoms with Crippen molar-refractivity contribution >= 4 is 16.8 Å². The van der Waals surface area contributed by atoms with Gasteiger partial charge in [-0.25, -0.2) is 19.3 Å². The topological polar surface area (TPSA) is 97.7 Å². The molecule has 5 heterocycles. The minimum absolute atomic E-state index is 0.229. The molecule has 0 saturated heterocycles. The summed E-state index contributed by atoms with van der Waals surface area (Å²) in [5.41, 5.74) is 5.35. The highest BCUT2D eigenvalue weighted by Gasteiger charge is 2.31. The lowest BCUT2D eigenvalue weighted by atomic mass is 10.1. The third-order valence-electron chi connectivity index (χ3n) is 6.68. The molecule has 0 saturated carbocycles. The second-order valence-corrected chi connectivity index (χ2v) is 9.47. The molecule has 2 atom stereocenters. The van der Waals surface area contributed by atoms with Gasteiger partial charge in [-0.05, 0) is 42.6 Å². The smallest absolute Gasteiger partial charge is 0.270 e. The summed E-state index contributed by atoms with van der Waals surface area (Å²) in [6.07, 6.45) is 2.55. The highest BCUT2D eigenvalue weighted by Crippen LogP contribution is 2.30. The number of carbonyl (C=O) groups excluding carboxylic acids is 1. The molecule has 6 rings (SSSR count). The van der Waals surface area contributed by atoms with Crippen LogP contribution in [0, 0.1) is 18.8 Å². The van der Waals surface area contributed by atoms with E-state index in [4.69, 9.17) is 4.74 Å². The van der Waals surface area contributed by atoms with Crippen LogP contribution in [0.2, 0.25) is 0 Å². The molecule has 39 heavy (non-hydrogen) atoms. The van der Waals surface area contributed by atoms with Crippen molar-refractivity contribution in [1.29, 1.82) is 0 Å². The quantitative estimate of drug-likeness (QED) is 0.337. The summed E-state index contributed by atoms with van der Waals surface area (Å²) in [5.74, 6) is 6.28. The maximum absolute atomic E-state index is 14.2. The average molecular weight is 521 g/mol. The number of hydrogen-bond donors (Lipinski definition) is 2. The number of alkyl halides is 1. The number of pyridine rings is 2. The number of methoxy groups -OCH3 is 1. The summed E-state index contributed by atoms with van der Waals surface area (Å²) >= 11 is 0. The zero-order valence-electron chi connectivity index (χ0n) is 21.4. The second-order valence-electron chi connectivity index (χ2n) is 9.47. The first-order valence-electron chi connectivity index (χ1n) is 12.5. The van der Waals surface area contributed by atoms with Crippen molar-refractivity contribution in [3.05, 3.63) is 107 Å². The van der Waals surface area contributed by atoms with E-state index >= 15 is 0 Å². The van der Waals surface area contributed by atoms with E-state index < -0.39 is 12.2 Å². The van der Waals surface area contributed by atoms with Gasteiger partial charge in [-0.2, -0.15) is 0 Å². The number of carbonyl (C=O) groups is 1. The Morgan fingerprint density at radius 1 is 1.15 bits per heavy atom. The number of H-pyrrole nitrogens is 1. The predicted octanol–water partition coefficient (Wildman–Crippen LogP) is 4.28. The number of aromatic nitrogens is 5. The van der Waals surface area contributed by atoms with Crippen molar-refractivity contribution in [1.82, 2.24) is 29.8 Å². The Kier molecular flexibility index (Phi) is 6.29. The molecule has 1 aliphatic rings. The van der Waals surface area contributed by atoms with Crippen molar-refractivity contribution < 1.29 is 13.9 Å². The fraction of sp³-hybridized carbons (Fsp3) is 0.200. The van der Waals surface area contributed by atoms with Gasteiger partial charge in [0, 0.05) is 52.4 Å². The van der Waals surface area contributed by atoms with Gasteiger partial charge in [-0.3, -0.25) is 4.79 Å². The molecule has 2 N–H and O–H groups in total. The van der Waals surface area contributed by atoms with Gasteiger partial charge in [-0.1, -0.05) is 30.0 Å². The number of fused-ring (bicyclic) bond motifs is 2. The van der Waals surface area contributed by atoms with Crippen LogP contribution < -0.4 is 10.1 Å². The molecule has 0 bridgehead atoms. The molecule has 1 aliphatic heterocycles. The maximum atomic E-state index is 14.2. The van der Waals surface area contributed by atoms with Gasteiger partial charge in [0.1, 0.15) is 17.9 Å². The Morgan fingerprint density at radius 2 is 2.00 bits per heavy atom. The van der Waals surface area contributed by atoms with Crippen LogP contribution in [0.25, 0.3) is 10.9 Å². The molecular formula is C30H25FN6O2. The van der Waals surface area contributed by atoms with E-state index in [1.54, 1.807) is 31.8 Å². The van der Waals surface area contributed by atoms with E-state index in [0.29, 0.717) is 22.8 Å². The Bertz CT molecular complexity index is 1710. The van der Waals surface area contributed by atoms with Crippen LogP contribution in [0.5, 0.6) is 5.88 Å². The van der Waals surface area contributed by atoms with Crippen LogP contribution >= 0.6 is 0 Å². The van der Waals surface area contributed by atoms with Gasteiger partial charge >= 0.3 is 0 Å². The van der Waals surface area contributed by atoms with Crippen LogP contribution in [0.3, 0.4) is 0 Å². The molecule has 8 nitrogen and oxygen atoms in total. The number of para-hydroxylation sites is 1. The van der Waals surface area contributed by atoms with Gasteiger partial charge in [0.2, 0.25) is 5.88 Å². The molecule has 194 valence electrons. The molecule has 0 fully saturated rings. The van der Waals surface area contributed by atoms with Gasteiger partial charge < -0.3 is 19.6 Å². The number of hydrogen-bond acceptors (Lipinski definition) is 5. The zero-order valence-corrected chi connectivity index (χ0v) is 21.4. The summed E-state index contributed by atoms with van der Waals surface area (Å²) in [6, 6.07) is 16.3. The lowest BCUT2D eigenvalue weighted by Gasteiger charge is -2.17. The van der Waals surface area contributed by atoms with E-state index in [9.17, 15) is 9.18 Å². The Hall–Kier alpha value is -4.97. The number of ether oxygens (including phenoxy) is 1. The largest absolute Gasteiger partial charge is 0.481 e. The number of halogens is 1. The van der Waals surface area contributed by atoms with Crippen LogP contribution in [0.1, 0.15) is 50.4 Å². The van der Waals surface area contributed by atoms with Crippen molar-refractivity contribution in [2.24, 2.45) is 0 Å². The highest BCUT2D eigenvalue weighted by molar-refractivity contribution is 5.93.